The Bertz CT molecular complexity index is 1500. The van der Waals surface area contributed by atoms with Crippen LogP contribution in [0.3, 0.4) is 0 Å². The second-order valence-corrected chi connectivity index (χ2v) is 8.61. The standard InChI is InChI=1S/C28H24N4O5/c1-36-24-13-23-19(12-20(24)26(33)16-8-11-22(29-14-16)28(35)37-2)25(31-17-6-4-3-5-7-17)21(15-30-23)27(34)32-18-9-10-18/h3-8,11-15,18H,9-10H2,1-2H3,(H,30,31)(H,32,34). The van der Waals surface area contributed by atoms with Crippen LogP contribution in [0.15, 0.2) is 67.0 Å². The van der Waals surface area contributed by atoms with Gasteiger partial charge in [-0.2, -0.15) is 0 Å². The van der Waals surface area contributed by atoms with E-state index in [1.165, 1.54) is 38.7 Å². The predicted molar refractivity (Wildman–Crippen MR) is 138 cm³/mol. The van der Waals surface area contributed by atoms with Crippen LogP contribution in [0.4, 0.5) is 11.4 Å². The molecule has 0 unspecified atom stereocenters. The molecule has 1 aliphatic carbocycles. The first-order valence-corrected chi connectivity index (χ1v) is 11.7. The zero-order valence-electron chi connectivity index (χ0n) is 20.3. The number of aromatic nitrogens is 2. The van der Waals surface area contributed by atoms with Crippen LogP contribution in [-0.4, -0.2) is 47.9 Å². The number of nitrogens with zero attached hydrogens (tertiary/aromatic N) is 2. The van der Waals surface area contributed by atoms with E-state index in [1.54, 1.807) is 12.1 Å². The number of ether oxygens (including phenoxy) is 2. The maximum Gasteiger partial charge on any atom is 0.356 e. The molecule has 0 radical (unpaired) electrons. The molecule has 1 amide bonds. The molecule has 0 aliphatic heterocycles. The number of anilines is 2. The topological polar surface area (TPSA) is 120 Å². The monoisotopic (exact) mass is 496 g/mol. The summed E-state index contributed by atoms with van der Waals surface area (Å²) in [5.41, 5.74) is 2.85. The number of carbonyl (C=O) groups excluding carboxylic acids is 3. The van der Waals surface area contributed by atoms with Crippen molar-refractivity contribution < 1.29 is 23.9 Å². The molecule has 2 aromatic carbocycles. The van der Waals surface area contributed by atoms with Crippen molar-refractivity contribution in [3.8, 4) is 5.75 Å². The first kappa shape index (κ1) is 23.9. The summed E-state index contributed by atoms with van der Waals surface area (Å²) >= 11 is 0. The van der Waals surface area contributed by atoms with Gasteiger partial charge in [0.15, 0.2) is 5.78 Å². The van der Waals surface area contributed by atoms with Crippen LogP contribution in [0.5, 0.6) is 5.75 Å². The van der Waals surface area contributed by atoms with Gasteiger partial charge in [-0.25, -0.2) is 9.78 Å². The van der Waals surface area contributed by atoms with Gasteiger partial charge < -0.3 is 20.1 Å². The van der Waals surface area contributed by atoms with Gasteiger partial charge in [-0.1, -0.05) is 18.2 Å². The number of carbonyl (C=O) groups is 3. The fourth-order valence-electron chi connectivity index (χ4n) is 3.94. The molecular formula is C28H24N4O5. The molecule has 2 N–H and O–H groups in total. The fourth-order valence-corrected chi connectivity index (χ4v) is 3.94. The second kappa shape index (κ2) is 10.1. The largest absolute Gasteiger partial charge is 0.496 e. The lowest BCUT2D eigenvalue weighted by Crippen LogP contribution is -2.26. The normalized spacial score (nSPS) is 12.6. The molecule has 1 aliphatic rings. The molecule has 1 fully saturated rings. The van der Waals surface area contributed by atoms with Crippen LogP contribution in [-0.2, 0) is 4.74 Å². The Balaban J connectivity index is 1.63. The lowest BCUT2D eigenvalue weighted by molar-refractivity contribution is 0.0593. The van der Waals surface area contributed by atoms with E-state index >= 15 is 0 Å². The minimum absolute atomic E-state index is 0.0920. The van der Waals surface area contributed by atoms with Crippen LogP contribution < -0.4 is 15.4 Å². The smallest absolute Gasteiger partial charge is 0.356 e. The van der Waals surface area contributed by atoms with E-state index < -0.39 is 5.97 Å². The first-order valence-electron chi connectivity index (χ1n) is 11.7. The van der Waals surface area contributed by atoms with Crippen LogP contribution in [0, 0.1) is 0 Å². The predicted octanol–water partition coefficient (Wildman–Crippen LogP) is 4.29. The highest BCUT2D eigenvalue weighted by Gasteiger charge is 2.27. The average molecular weight is 497 g/mol. The number of hydrogen-bond donors (Lipinski definition) is 2. The first-order chi connectivity index (χ1) is 18.0. The van der Waals surface area contributed by atoms with Crippen LogP contribution >= 0.6 is 0 Å². The third-order valence-electron chi connectivity index (χ3n) is 6.05. The molecule has 0 atom stereocenters. The number of para-hydroxylation sites is 1. The number of ketones is 1. The quantitative estimate of drug-likeness (QED) is 0.274. The van der Waals surface area contributed by atoms with Gasteiger partial charge in [-0.05, 0) is 43.2 Å². The highest BCUT2D eigenvalue weighted by atomic mass is 16.5. The molecule has 0 saturated heterocycles. The number of amides is 1. The molecule has 2 aromatic heterocycles. The van der Waals surface area contributed by atoms with Gasteiger partial charge in [0.1, 0.15) is 11.4 Å². The Labute approximate surface area is 212 Å². The van der Waals surface area contributed by atoms with E-state index in [-0.39, 0.29) is 34.6 Å². The van der Waals surface area contributed by atoms with Crippen LogP contribution in [0.1, 0.15) is 49.6 Å². The lowest BCUT2D eigenvalue weighted by atomic mass is 9.99. The summed E-state index contributed by atoms with van der Waals surface area (Å²) in [4.78, 5) is 46.9. The molecule has 5 rings (SSSR count). The highest BCUT2D eigenvalue weighted by molar-refractivity contribution is 6.15. The van der Waals surface area contributed by atoms with Gasteiger partial charge in [0.25, 0.3) is 5.91 Å². The van der Waals surface area contributed by atoms with Crippen molar-refractivity contribution in [2.45, 2.75) is 18.9 Å². The summed E-state index contributed by atoms with van der Waals surface area (Å²) in [6, 6.07) is 15.9. The molecule has 0 bridgehead atoms. The van der Waals surface area contributed by atoms with E-state index in [0.29, 0.717) is 27.9 Å². The van der Waals surface area contributed by atoms with Gasteiger partial charge in [-0.15, -0.1) is 0 Å². The summed E-state index contributed by atoms with van der Waals surface area (Å²) in [6.45, 7) is 0. The van der Waals surface area contributed by atoms with Crippen molar-refractivity contribution in [2.24, 2.45) is 0 Å². The van der Waals surface area contributed by atoms with Gasteiger partial charge in [-0.3, -0.25) is 14.6 Å². The van der Waals surface area contributed by atoms with E-state index in [0.717, 1.165) is 18.5 Å². The number of esters is 1. The molecule has 4 aromatic rings. The Morgan fingerprint density at radius 3 is 2.35 bits per heavy atom. The fraction of sp³-hybridized carbons (Fsp3) is 0.179. The van der Waals surface area contributed by atoms with Crippen molar-refractivity contribution in [2.75, 3.05) is 19.5 Å². The Kier molecular flexibility index (Phi) is 6.51. The zero-order chi connectivity index (χ0) is 25.9. The van der Waals surface area contributed by atoms with Crippen molar-refractivity contribution in [3.05, 3.63) is 89.4 Å². The molecular weight excluding hydrogens is 472 g/mol. The number of methoxy groups -OCH3 is 2. The summed E-state index contributed by atoms with van der Waals surface area (Å²) in [7, 11) is 2.73. The average Bonchev–Trinajstić information content (AvgIpc) is 3.76. The number of hydrogen-bond acceptors (Lipinski definition) is 8. The minimum atomic E-state index is -0.595. The Hall–Kier alpha value is -4.79. The Morgan fingerprint density at radius 2 is 1.70 bits per heavy atom. The molecule has 2 heterocycles. The number of nitrogens with one attached hydrogen (secondary N) is 2. The van der Waals surface area contributed by atoms with Gasteiger partial charge >= 0.3 is 5.97 Å². The van der Waals surface area contributed by atoms with Crippen molar-refractivity contribution in [1.82, 2.24) is 15.3 Å². The zero-order valence-corrected chi connectivity index (χ0v) is 20.3. The molecule has 186 valence electrons. The summed E-state index contributed by atoms with van der Waals surface area (Å²) in [6.07, 6.45) is 4.75. The SMILES string of the molecule is COC(=O)c1ccc(C(=O)c2cc3c(Nc4ccccc4)c(C(=O)NC4CC4)cnc3cc2OC)cn1. The third kappa shape index (κ3) is 4.97. The van der Waals surface area contributed by atoms with Gasteiger partial charge in [0.05, 0.1) is 36.6 Å². The maximum atomic E-state index is 13.5. The maximum absolute atomic E-state index is 13.5. The summed E-state index contributed by atoms with van der Waals surface area (Å²) in [5, 5.41) is 6.93. The van der Waals surface area contributed by atoms with E-state index in [1.807, 2.05) is 30.3 Å². The van der Waals surface area contributed by atoms with E-state index in [9.17, 15) is 14.4 Å². The minimum Gasteiger partial charge on any atom is -0.496 e. The summed E-state index contributed by atoms with van der Waals surface area (Å²) in [5.74, 6) is -0.868. The number of benzene rings is 2. The van der Waals surface area contributed by atoms with Crippen molar-refractivity contribution >= 4 is 39.9 Å². The van der Waals surface area contributed by atoms with Gasteiger partial charge in [0, 0.05) is 41.1 Å². The number of fused-ring (bicyclic) bond motifs is 1. The molecule has 37 heavy (non-hydrogen) atoms. The number of rotatable bonds is 8. The second-order valence-electron chi connectivity index (χ2n) is 8.61. The highest BCUT2D eigenvalue weighted by Crippen LogP contribution is 2.35. The molecule has 9 nitrogen and oxygen atoms in total. The van der Waals surface area contributed by atoms with Crippen LogP contribution in [0.25, 0.3) is 10.9 Å². The third-order valence-corrected chi connectivity index (χ3v) is 6.05. The van der Waals surface area contributed by atoms with E-state index in [4.69, 9.17) is 4.74 Å². The van der Waals surface area contributed by atoms with Crippen LogP contribution in [0.2, 0.25) is 0 Å². The van der Waals surface area contributed by atoms with Crippen molar-refractivity contribution in [3.63, 3.8) is 0 Å². The molecule has 9 heteroatoms. The van der Waals surface area contributed by atoms with E-state index in [2.05, 4.69) is 25.3 Å². The summed E-state index contributed by atoms with van der Waals surface area (Å²) < 4.78 is 10.2. The molecule has 0 spiro atoms. The van der Waals surface area contributed by atoms with Crippen molar-refractivity contribution in [1.29, 1.82) is 0 Å². The Morgan fingerprint density at radius 1 is 0.919 bits per heavy atom. The molecule has 1 saturated carbocycles. The lowest BCUT2D eigenvalue weighted by Gasteiger charge is -2.17. The number of pyridine rings is 2. The van der Waals surface area contributed by atoms with Gasteiger partial charge in [0.2, 0.25) is 0 Å².